The lowest BCUT2D eigenvalue weighted by Gasteiger charge is -2.29. The Kier molecular flexibility index (Phi) is 5.82. The Morgan fingerprint density at radius 3 is 2.30 bits per heavy atom. The SMILES string of the molecule is COc1cc(OC)cc(-c2nc3n(n2)[C@H](c2cccc(OC)c2OC)C(C(N)=O)=C(C)N3)c1. The first-order valence-corrected chi connectivity index (χ1v) is 10.1. The summed E-state index contributed by atoms with van der Waals surface area (Å²) in [6.45, 7) is 1.77. The van der Waals surface area contributed by atoms with Gasteiger partial charge in [-0.25, -0.2) is 4.68 Å². The molecule has 3 N–H and O–H groups in total. The fraction of sp³-hybridized carbons (Fsp3) is 0.261. The normalized spacial score (nSPS) is 14.9. The van der Waals surface area contributed by atoms with E-state index in [0.717, 1.165) is 0 Å². The van der Waals surface area contributed by atoms with Crippen molar-refractivity contribution < 1.29 is 23.7 Å². The van der Waals surface area contributed by atoms with Gasteiger partial charge in [-0.2, -0.15) is 4.98 Å². The quantitative estimate of drug-likeness (QED) is 0.562. The van der Waals surface area contributed by atoms with Gasteiger partial charge in [-0.3, -0.25) is 4.79 Å². The van der Waals surface area contributed by atoms with Crippen molar-refractivity contribution in [3.63, 3.8) is 0 Å². The summed E-state index contributed by atoms with van der Waals surface area (Å²) >= 11 is 0. The number of hydrogen-bond donors (Lipinski definition) is 2. The van der Waals surface area contributed by atoms with Crippen LogP contribution < -0.4 is 30.0 Å². The van der Waals surface area contributed by atoms with Crippen LogP contribution in [0.3, 0.4) is 0 Å². The van der Waals surface area contributed by atoms with E-state index < -0.39 is 11.9 Å². The first kappa shape index (κ1) is 22.0. The molecular weight excluding hydrogens is 426 g/mol. The number of nitrogens with zero attached hydrogens (tertiary/aromatic N) is 3. The van der Waals surface area contributed by atoms with Gasteiger partial charge in [0.1, 0.15) is 17.5 Å². The van der Waals surface area contributed by atoms with Crippen molar-refractivity contribution in [2.24, 2.45) is 5.73 Å². The maximum Gasteiger partial charge on any atom is 0.248 e. The van der Waals surface area contributed by atoms with Gasteiger partial charge < -0.3 is 30.0 Å². The van der Waals surface area contributed by atoms with Gasteiger partial charge in [0.25, 0.3) is 0 Å². The van der Waals surface area contributed by atoms with Crippen molar-refractivity contribution in [2.75, 3.05) is 33.8 Å². The zero-order valence-corrected chi connectivity index (χ0v) is 19.0. The standard InChI is InChI=1S/C23H25N5O5/c1-12-18(21(24)29)19(16-7-6-8-17(32-4)20(16)33-5)28-23(25-12)26-22(27-28)13-9-14(30-2)11-15(10-13)31-3/h6-11,19H,1-5H3,(H2,24,29)(H,25,26,27)/t19-/m1/s1. The second kappa shape index (κ2) is 8.73. The molecule has 0 bridgehead atoms. The number of para-hydroxylation sites is 1. The third-order valence-electron chi connectivity index (χ3n) is 5.46. The molecule has 0 spiro atoms. The third kappa shape index (κ3) is 3.79. The van der Waals surface area contributed by atoms with Crippen molar-refractivity contribution in [3.05, 3.63) is 53.2 Å². The van der Waals surface area contributed by atoms with Gasteiger partial charge in [0, 0.05) is 22.9 Å². The zero-order valence-electron chi connectivity index (χ0n) is 19.0. The van der Waals surface area contributed by atoms with E-state index in [1.165, 1.54) is 0 Å². The first-order valence-electron chi connectivity index (χ1n) is 10.1. The van der Waals surface area contributed by atoms with Crippen molar-refractivity contribution in [2.45, 2.75) is 13.0 Å². The highest BCUT2D eigenvalue weighted by atomic mass is 16.5. The molecule has 1 aliphatic rings. The number of primary amides is 1. The second-order valence-electron chi connectivity index (χ2n) is 7.32. The molecule has 4 rings (SSSR count). The molecule has 1 aliphatic heterocycles. The number of nitrogens with one attached hydrogen (secondary N) is 1. The van der Waals surface area contributed by atoms with Gasteiger partial charge in [-0.15, -0.1) is 5.10 Å². The Balaban J connectivity index is 1.93. The summed E-state index contributed by atoms with van der Waals surface area (Å²) in [5.41, 5.74) is 8.06. The van der Waals surface area contributed by atoms with E-state index in [1.807, 2.05) is 12.1 Å². The smallest absolute Gasteiger partial charge is 0.248 e. The molecule has 33 heavy (non-hydrogen) atoms. The topological polar surface area (TPSA) is 123 Å². The van der Waals surface area contributed by atoms with Crippen LogP contribution in [0.5, 0.6) is 23.0 Å². The predicted octanol–water partition coefficient (Wildman–Crippen LogP) is 2.75. The Hall–Kier alpha value is -4.21. The minimum absolute atomic E-state index is 0.341. The summed E-state index contributed by atoms with van der Waals surface area (Å²) in [5, 5.41) is 7.86. The van der Waals surface area contributed by atoms with E-state index in [4.69, 9.17) is 29.8 Å². The van der Waals surface area contributed by atoms with Crippen LogP contribution in [0.2, 0.25) is 0 Å². The molecular formula is C23H25N5O5. The highest BCUT2D eigenvalue weighted by Crippen LogP contribution is 2.43. The Bertz CT molecular complexity index is 1230. The van der Waals surface area contributed by atoms with E-state index in [0.29, 0.717) is 57.2 Å². The van der Waals surface area contributed by atoms with Crippen LogP contribution in [0.25, 0.3) is 11.4 Å². The molecule has 10 heteroatoms. The molecule has 3 aromatic rings. The van der Waals surface area contributed by atoms with Crippen LogP contribution in [0.4, 0.5) is 5.95 Å². The molecule has 1 atom stereocenters. The molecule has 0 saturated heterocycles. The summed E-state index contributed by atoms with van der Waals surface area (Å²) in [6, 6.07) is 10.1. The molecule has 172 valence electrons. The molecule has 10 nitrogen and oxygen atoms in total. The Morgan fingerprint density at radius 2 is 1.73 bits per heavy atom. The van der Waals surface area contributed by atoms with Gasteiger partial charge in [0.15, 0.2) is 17.3 Å². The average Bonchev–Trinajstić information content (AvgIpc) is 3.25. The van der Waals surface area contributed by atoms with E-state index in [9.17, 15) is 4.79 Å². The van der Waals surface area contributed by atoms with Gasteiger partial charge in [0.05, 0.1) is 34.0 Å². The predicted molar refractivity (Wildman–Crippen MR) is 122 cm³/mol. The van der Waals surface area contributed by atoms with E-state index in [1.54, 1.807) is 64.3 Å². The van der Waals surface area contributed by atoms with Crippen LogP contribution in [0.1, 0.15) is 18.5 Å². The molecule has 1 aromatic heterocycles. The maximum atomic E-state index is 12.5. The molecule has 2 aromatic carbocycles. The zero-order chi connectivity index (χ0) is 23.7. The fourth-order valence-corrected chi connectivity index (χ4v) is 3.94. The number of rotatable bonds is 7. The van der Waals surface area contributed by atoms with Crippen molar-refractivity contribution >= 4 is 11.9 Å². The lowest BCUT2D eigenvalue weighted by molar-refractivity contribution is -0.115. The third-order valence-corrected chi connectivity index (χ3v) is 5.46. The van der Waals surface area contributed by atoms with Gasteiger partial charge in [-0.05, 0) is 25.1 Å². The van der Waals surface area contributed by atoms with Crippen molar-refractivity contribution in [1.82, 2.24) is 14.8 Å². The number of allylic oxidation sites excluding steroid dienone is 1. The molecule has 0 saturated carbocycles. The molecule has 0 fully saturated rings. The number of ether oxygens (including phenoxy) is 4. The molecule has 0 unspecified atom stereocenters. The summed E-state index contributed by atoms with van der Waals surface area (Å²) in [4.78, 5) is 17.2. The van der Waals surface area contributed by atoms with Gasteiger partial charge in [0.2, 0.25) is 11.9 Å². The fourth-order valence-electron chi connectivity index (χ4n) is 3.94. The van der Waals surface area contributed by atoms with E-state index in [-0.39, 0.29) is 0 Å². The molecule has 2 heterocycles. The molecule has 1 amide bonds. The van der Waals surface area contributed by atoms with E-state index >= 15 is 0 Å². The number of carbonyl (C=O) groups excluding carboxylic acids is 1. The summed E-state index contributed by atoms with van der Waals surface area (Å²) in [6.07, 6.45) is 0. The van der Waals surface area contributed by atoms with Crippen molar-refractivity contribution in [1.29, 1.82) is 0 Å². The van der Waals surface area contributed by atoms with Crippen LogP contribution in [0, 0.1) is 0 Å². The average molecular weight is 451 g/mol. The number of benzene rings is 2. The van der Waals surface area contributed by atoms with Crippen LogP contribution in [-0.4, -0.2) is 49.1 Å². The number of amides is 1. The van der Waals surface area contributed by atoms with Crippen LogP contribution in [0.15, 0.2) is 47.7 Å². The van der Waals surface area contributed by atoms with Crippen molar-refractivity contribution in [3.8, 4) is 34.4 Å². The summed E-state index contributed by atoms with van der Waals surface area (Å²) in [5.74, 6) is 2.48. The summed E-state index contributed by atoms with van der Waals surface area (Å²) in [7, 11) is 6.24. The molecule has 0 radical (unpaired) electrons. The second-order valence-corrected chi connectivity index (χ2v) is 7.32. The van der Waals surface area contributed by atoms with Gasteiger partial charge in [-0.1, -0.05) is 12.1 Å². The van der Waals surface area contributed by atoms with Gasteiger partial charge >= 0.3 is 0 Å². The number of carbonyl (C=O) groups is 1. The van der Waals surface area contributed by atoms with Crippen LogP contribution in [-0.2, 0) is 4.79 Å². The largest absolute Gasteiger partial charge is 0.497 e. The lowest BCUT2D eigenvalue weighted by atomic mass is 9.94. The number of anilines is 1. The minimum atomic E-state index is -0.683. The number of fused-ring (bicyclic) bond motifs is 1. The Labute approximate surface area is 190 Å². The summed E-state index contributed by atoms with van der Waals surface area (Å²) < 4.78 is 23.5. The van der Waals surface area contributed by atoms with E-state index in [2.05, 4.69) is 10.3 Å². The first-order chi connectivity index (χ1) is 15.9. The monoisotopic (exact) mass is 451 g/mol. The highest BCUT2D eigenvalue weighted by molar-refractivity contribution is 5.95. The highest BCUT2D eigenvalue weighted by Gasteiger charge is 2.36. The Morgan fingerprint density at radius 1 is 1.03 bits per heavy atom. The number of nitrogens with two attached hydrogens (primary N) is 1. The number of methoxy groups -OCH3 is 4. The maximum absolute atomic E-state index is 12.5. The van der Waals surface area contributed by atoms with Crippen LogP contribution >= 0.6 is 0 Å². The lowest BCUT2D eigenvalue weighted by Crippen LogP contribution is -2.32. The molecule has 0 aliphatic carbocycles. The minimum Gasteiger partial charge on any atom is -0.497 e. The number of hydrogen-bond acceptors (Lipinski definition) is 8. The number of aromatic nitrogens is 3.